The third-order valence-corrected chi connectivity index (χ3v) is 3.40. The molecule has 0 saturated carbocycles. The van der Waals surface area contributed by atoms with Crippen molar-refractivity contribution in [2.45, 2.75) is 26.3 Å². The van der Waals surface area contributed by atoms with E-state index in [2.05, 4.69) is 39.8 Å². The molecule has 0 atom stereocenters. The number of amides is 1. The molecule has 0 radical (unpaired) electrons. The van der Waals surface area contributed by atoms with E-state index in [1.54, 1.807) is 0 Å². The van der Waals surface area contributed by atoms with E-state index >= 15 is 0 Å². The zero-order valence-corrected chi connectivity index (χ0v) is 11.6. The first-order chi connectivity index (χ1) is 9.29. The van der Waals surface area contributed by atoms with Gasteiger partial charge in [-0.1, -0.05) is 12.1 Å². The Labute approximate surface area is 115 Å². The first-order valence-corrected chi connectivity index (χ1v) is 7.11. The highest BCUT2D eigenvalue weighted by Gasteiger charge is 2.11. The molecule has 2 rings (SSSR count). The molecule has 0 aromatic heterocycles. The number of rotatable bonds is 6. The van der Waals surface area contributed by atoms with Gasteiger partial charge in [0, 0.05) is 31.9 Å². The van der Waals surface area contributed by atoms with Crippen LogP contribution in [0.4, 0.5) is 5.69 Å². The minimum atomic E-state index is 0.0520. The van der Waals surface area contributed by atoms with E-state index in [-0.39, 0.29) is 5.91 Å². The van der Waals surface area contributed by atoms with Crippen molar-refractivity contribution in [3.8, 4) is 0 Å². The Bertz CT molecular complexity index is 396. The Balaban J connectivity index is 1.77. The van der Waals surface area contributed by atoms with Crippen LogP contribution in [0.5, 0.6) is 0 Å². The molecule has 104 valence electrons. The molecule has 4 nitrogen and oxygen atoms in total. The van der Waals surface area contributed by atoms with E-state index in [0.29, 0.717) is 13.1 Å². The van der Waals surface area contributed by atoms with Crippen LogP contribution in [0.15, 0.2) is 24.3 Å². The Morgan fingerprint density at radius 3 is 2.53 bits per heavy atom. The van der Waals surface area contributed by atoms with Gasteiger partial charge in [-0.3, -0.25) is 4.79 Å². The summed E-state index contributed by atoms with van der Waals surface area (Å²) in [5.74, 6) is 0.0520. The number of anilines is 1. The number of nitrogens with one attached hydrogen (secondary N) is 2. The summed E-state index contributed by atoms with van der Waals surface area (Å²) in [6.07, 6.45) is 2.60. The maximum absolute atomic E-state index is 11.3. The van der Waals surface area contributed by atoms with Crippen LogP contribution in [-0.2, 0) is 11.3 Å². The number of benzene rings is 1. The number of nitrogens with zero attached hydrogens (tertiary/aromatic N) is 1. The fourth-order valence-electron chi connectivity index (χ4n) is 2.38. The monoisotopic (exact) mass is 261 g/mol. The average Bonchev–Trinajstić information content (AvgIpc) is 2.94. The maximum atomic E-state index is 11.3. The van der Waals surface area contributed by atoms with Crippen molar-refractivity contribution in [2.75, 3.05) is 31.1 Å². The van der Waals surface area contributed by atoms with Crippen molar-refractivity contribution in [2.24, 2.45) is 0 Å². The van der Waals surface area contributed by atoms with Gasteiger partial charge in [-0.05, 0) is 37.5 Å². The highest BCUT2D eigenvalue weighted by molar-refractivity contribution is 5.77. The molecule has 1 aromatic carbocycles. The molecule has 2 N–H and O–H groups in total. The number of likely N-dealkylation sites (N-methyl/N-ethyl adjacent to an activating group) is 1. The van der Waals surface area contributed by atoms with Gasteiger partial charge < -0.3 is 15.5 Å². The number of carbonyl (C=O) groups excluding carboxylic acids is 1. The normalized spacial score (nSPS) is 14.7. The third-order valence-electron chi connectivity index (χ3n) is 3.40. The van der Waals surface area contributed by atoms with Gasteiger partial charge in [-0.25, -0.2) is 0 Å². The van der Waals surface area contributed by atoms with E-state index in [4.69, 9.17) is 0 Å². The molecule has 1 aliphatic heterocycles. The van der Waals surface area contributed by atoms with Crippen LogP contribution in [0.3, 0.4) is 0 Å². The van der Waals surface area contributed by atoms with Crippen LogP contribution in [0.2, 0.25) is 0 Å². The lowest BCUT2D eigenvalue weighted by Gasteiger charge is -2.17. The molecule has 1 aliphatic rings. The van der Waals surface area contributed by atoms with Gasteiger partial charge in [-0.2, -0.15) is 0 Å². The molecule has 0 bridgehead atoms. The molecule has 0 aliphatic carbocycles. The van der Waals surface area contributed by atoms with Crippen LogP contribution < -0.4 is 15.5 Å². The summed E-state index contributed by atoms with van der Waals surface area (Å²) < 4.78 is 0. The van der Waals surface area contributed by atoms with E-state index in [1.807, 2.05) is 6.92 Å². The Kier molecular flexibility index (Phi) is 5.21. The van der Waals surface area contributed by atoms with Gasteiger partial charge in [0.05, 0.1) is 6.54 Å². The first-order valence-electron chi connectivity index (χ1n) is 7.11. The van der Waals surface area contributed by atoms with Crippen LogP contribution >= 0.6 is 0 Å². The van der Waals surface area contributed by atoms with Crippen LogP contribution in [0, 0.1) is 0 Å². The van der Waals surface area contributed by atoms with Gasteiger partial charge in [-0.15, -0.1) is 0 Å². The molecule has 1 heterocycles. The number of hydrogen-bond acceptors (Lipinski definition) is 3. The van der Waals surface area contributed by atoms with Gasteiger partial charge in [0.25, 0.3) is 0 Å². The predicted octanol–water partition coefficient (Wildman–Crippen LogP) is 1.51. The Hall–Kier alpha value is -1.55. The van der Waals surface area contributed by atoms with E-state index in [1.165, 1.54) is 37.2 Å². The SMILES string of the molecule is CCNC(=O)CNCc1ccc(N2CCCC2)cc1. The topological polar surface area (TPSA) is 44.4 Å². The van der Waals surface area contributed by atoms with Crippen molar-refractivity contribution < 1.29 is 4.79 Å². The van der Waals surface area contributed by atoms with Crippen molar-refractivity contribution >= 4 is 11.6 Å². The van der Waals surface area contributed by atoms with Crippen LogP contribution in [0.25, 0.3) is 0 Å². The average molecular weight is 261 g/mol. The third kappa shape index (κ3) is 4.24. The zero-order chi connectivity index (χ0) is 13.5. The highest BCUT2D eigenvalue weighted by Crippen LogP contribution is 2.20. The quantitative estimate of drug-likeness (QED) is 0.816. The predicted molar refractivity (Wildman–Crippen MR) is 78.3 cm³/mol. The lowest BCUT2D eigenvalue weighted by molar-refractivity contribution is -0.120. The smallest absolute Gasteiger partial charge is 0.233 e. The summed E-state index contributed by atoms with van der Waals surface area (Å²) in [6.45, 7) is 6.07. The number of hydrogen-bond donors (Lipinski definition) is 2. The van der Waals surface area contributed by atoms with Crippen molar-refractivity contribution in [1.82, 2.24) is 10.6 Å². The maximum Gasteiger partial charge on any atom is 0.233 e. The largest absolute Gasteiger partial charge is 0.372 e. The van der Waals surface area contributed by atoms with E-state index in [0.717, 1.165) is 6.54 Å². The Morgan fingerprint density at radius 2 is 1.89 bits per heavy atom. The molecule has 1 fully saturated rings. The standard InChI is InChI=1S/C15H23N3O/c1-2-17-15(19)12-16-11-13-5-7-14(8-6-13)18-9-3-4-10-18/h5-8,16H,2-4,9-12H2,1H3,(H,17,19). The molecule has 19 heavy (non-hydrogen) atoms. The second kappa shape index (κ2) is 7.14. The molecule has 4 heteroatoms. The molecule has 1 amide bonds. The molecular formula is C15H23N3O. The molecule has 1 aromatic rings. The molecular weight excluding hydrogens is 238 g/mol. The summed E-state index contributed by atoms with van der Waals surface area (Å²) in [5.41, 5.74) is 2.53. The summed E-state index contributed by atoms with van der Waals surface area (Å²) in [4.78, 5) is 13.7. The molecule has 1 saturated heterocycles. The van der Waals surface area contributed by atoms with Crippen LogP contribution in [0.1, 0.15) is 25.3 Å². The van der Waals surface area contributed by atoms with Crippen molar-refractivity contribution in [3.63, 3.8) is 0 Å². The molecule has 0 spiro atoms. The Morgan fingerprint density at radius 1 is 1.21 bits per heavy atom. The van der Waals surface area contributed by atoms with Crippen LogP contribution in [-0.4, -0.2) is 32.1 Å². The lowest BCUT2D eigenvalue weighted by Crippen LogP contribution is -2.33. The highest BCUT2D eigenvalue weighted by atomic mass is 16.1. The van der Waals surface area contributed by atoms with Gasteiger partial charge >= 0.3 is 0 Å². The first kappa shape index (κ1) is 13.9. The van der Waals surface area contributed by atoms with E-state index in [9.17, 15) is 4.79 Å². The zero-order valence-electron chi connectivity index (χ0n) is 11.6. The minimum Gasteiger partial charge on any atom is -0.372 e. The summed E-state index contributed by atoms with van der Waals surface area (Å²) in [5, 5.41) is 5.92. The second-order valence-electron chi connectivity index (χ2n) is 4.92. The van der Waals surface area contributed by atoms with Gasteiger partial charge in [0.2, 0.25) is 5.91 Å². The second-order valence-corrected chi connectivity index (χ2v) is 4.92. The fourth-order valence-corrected chi connectivity index (χ4v) is 2.38. The van der Waals surface area contributed by atoms with Gasteiger partial charge in [0.1, 0.15) is 0 Å². The molecule has 0 unspecified atom stereocenters. The van der Waals surface area contributed by atoms with Gasteiger partial charge in [0.15, 0.2) is 0 Å². The van der Waals surface area contributed by atoms with Crippen molar-refractivity contribution in [3.05, 3.63) is 29.8 Å². The minimum absolute atomic E-state index is 0.0520. The number of carbonyl (C=O) groups is 1. The van der Waals surface area contributed by atoms with E-state index < -0.39 is 0 Å². The lowest BCUT2D eigenvalue weighted by atomic mass is 10.2. The summed E-state index contributed by atoms with van der Waals surface area (Å²) in [7, 11) is 0. The summed E-state index contributed by atoms with van der Waals surface area (Å²) in [6, 6.07) is 8.62. The summed E-state index contributed by atoms with van der Waals surface area (Å²) >= 11 is 0. The van der Waals surface area contributed by atoms with Crippen molar-refractivity contribution in [1.29, 1.82) is 0 Å². The fraction of sp³-hybridized carbons (Fsp3) is 0.533.